The second kappa shape index (κ2) is 3.87. The summed E-state index contributed by atoms with van der Waals surface area (Å²) >= 11 is 0. The van der Waals surface area contributed by atoms with Crippen LogP contribution in [0.2, 0.25) is 0 Å². The SMILES string of the molecule is C=C(C(N)=O)c1ccc(CO)cc1. The number of primary amides is 1. The van der Waals surface area contributed by atoms with E-state index in [-0.39, 0.29) is 12.2 Å². The Hall–Kier alpha value is -1.61. The Kier molecular flexibility index (Phi) is 2.82. The van der Waals surface area contributed by atoms with E-state index in [0.717, 1.165) is 5.56 Å². The van der Waals surface area contributed by atoms with Gasteiger partial charge in [0.1, 0.15) is 0 Å². The average molecular weight is 177 g/mol. The van der Waals surface area contributed by atoms with Gasteiger partial charge in [-0.25, -0.2) is 0 Å². The van der Waals surface area contributed by atoms with E-state index < -0.39 is 5.91 Å². The van der Waals surface area contributed by atoms with Crippen molar-refractivity contribution in [1.29, 1.82) is 0 Å². The second-order valence-electron chi connectivity index (χ2n) is 2.70. The number of amides is 1. The molecule has 0 fully saturated rings. The highest BCUT2D eigenvalue weighted by Gasteiger charge is 2.03. The molecule has 0 saturated heterocycles. The van der Waals surface area contributed by atoms with Gasteiger partial charge in [-0.15, -0.1) is 0 Å². The molecule has 0 bridgehead atoms. The van der Waals surface area contributed by atoms with E-state index in [1.807, 2.05) is 0 Å². The molecule has 13 heavy (non-hydrogen) atoms. The minimum atomic E-state index is -0.531. The molecule has 0 unspecified atom stereocenters. The van der Waals surface area contributed by atoms with Gasteiger partial charge in [0.2, 0.25) is 5.91 Å². The van der Waals surface area contributed by atoms with E-state index in [0.29, 0.717) is 5.56 Å². The summed E-state index contributed by atoms with van der Waals surface area (Å²) in [6, 6.07) is 6.87. The first kappa shape index (κ1) is 9.48. The lowest BCUT2D eigenvalue weighted by molar-refractivity contribution is -0.112. The van der Waals surface area contributed by atoms with Gasteiger partial charge in [-0.1, -0.05) is 30.8 Å². The average Bonchev–Trinajstić information content (AvgIpc) is 2.17. The van der Waals surface area contributed by atoms with Crippen LogP contribution in [0.15, 0.2) is 30.8 Å². The quantitative estimate of drug-likeness (QED) is 0.667. The first-order valence-electron chi connectivity index (χ1n) is 3.84. The molecule has 1 aromatic carbocycles. The van der Waals surface area contributed by atoms with Crippen molar-refractivity contribution in [2.24, 2.45) is 5.73 Å². The number of carbonyl (C=O) groups is 1. The fourth-order valence-electron chi connectivity index (χ4n) is 0.954. The van der Waals surface area contributed by atoms with Crippen LogP contribution in [0.1, 0.15) is 11.1 Å². The highest BCUT2D eigenvalue weighted by atomic mass is 16.3. The zero-order valence-corrected chi connectivity index (χ0v) is 7.16. The largest absolute Gasteiger partial charge is 0.392 e. The van der Waals surface area contributed by atoms with Crippen LogP contribution in [0, 0.1) is 0 Å². The van der Waals surface area contributed by atoms with Crippen LogP contribution in [0.25, 0.3) is 5.57 Å². The summed E-state index contributed by atoms with van der Waals surface area (Å²) in [6.45, 7) is 3.53. The van der Waals surface area contributed by atoms with Crippen molar-refractivity contribution in [2.75, 3.05) is 0 Å². The van der Waals surface area contributed by atoms with Gasteiger partial charge in [0.05, 0.1) is 6.61 Å². The molecule has 0 aromatic heterocycles. The Morgan fingerprint density at radius 2 is 1.92 bits per heavy atom. The van der Waals surface area contributed by atoms with Gasteiger partial charge in [0, 0.05) is 5.57 Å². The molecule has 0 heterocycles. The maximum absolute atomic E-state index is 10.7. The van der Waals surface area contributed by atoms with Gasteiger partial charge in [-0.3, -0.25) is 4.79 Å². The molecule has 3 N–H and O–H groups in total. The monoisotopic (exact) mass is 177 g/mol. The maximum atomic E-state index is 10.7. The van der Waals surface area contributed by atoms with E-state index in [9.17, 15) is 4.79 Å². The van der Waals surface area contributed by atoms with Crippen LogP contribution in [0.4, 0.5) is 0 Å². The Morgan fingerprint density at radius 3 is 2.31 bits per heavy atom. The molecule has 1 amide bonds. The standard InChI is InChI=1S/C10H11NO2/c1-7(10(11)13)9-4-2-8(6-12)3-5-9/h2-5,12H,1,6H2,(H2,11,13). The normalized spacial score (nSPS) is 9.62. The molecule has 0 radical (unpaired) electrons. The summed E-state index contributed by atoms with van der Waals surface area (Å²) in [5.41, 5.74) is 6.81. The predicted molar refractivity (Wildman–Crippen MR) is 50.6 cm³/mol. The second-order valence-corrected chi connectivity index (χ2v) is 2.70. The van der Waals surface area contributed by atoms with Crippen LogP contribution < -0.4 is 5.73 Å². The third-order valence-electron chi connectivity index (χ3n) is 1.78. The Bertz CT molecular complexity index is 327. The molecule has 0 atom stereocenters. The Labute approximate surface area is 76.5 Å². The molecule has 0 aliphatic heterocycles. The maximum Gasteiger partial charge on any atom is 0.248 e. The smallest absolute Gasteiger partial charge is 0.248 e. The Balaban J connectivity index is 2.92. The third-order valence-corrected chi connectivity index (χ3v) is 1.78. The van der Waals surface area contributed by atoms with E-state index in [4.69, 9.17) is 10.8 Å². The van der Waals surface area contributed by atoms with Gasteiger partial charge < -0.3 is 10.8 Å². The van der Waals surface area contributed by atoms with Gasteiger partial charge >= 0.3 is 0 Å². The van der Waals surface area contributed by atoms with Crippen molar-refractivity contribution >= 4 is 11.5 Å². The summed E-state index contributed by atoms with van der Waals surface area (Å²) in [4.78, 5) is 10.7. The molecular weight excluding hydrogens is 166 g/mol. The lowest BCUT2D eigenvalue weighted by atomic mass is 10.1. The summed E-state index contributed by atoms with van der Waals surface area (Å²) in [5, 5.41) is 8.76. The van der Waals surface area contributed by atoms with Crippen LogP contribution in [-0.2, 0) is 11.4 Å². The van der Waals surface area contributed by atoms with Crippen LogP contribution in [0.3, 0.4) is 0 Å². The van der Waals surface area contributed by atoms with Crippen molar-refractivity contribution in [3.8, 4) is 0 Å². The van der Waals surface area contributed by atoms with Crippen molar-refractivity contribution in [2.45, 2.75) is 6.61 Å². The van der Waals surface area contributed by atoms with Crippen molar-refractivity contribution in [3.63, 3.8) is 0 Å². The van der Waals surface area contributed by atoms with Gasteiger partial charge in [0.15, 0.2) is 0 Å². The topological polar surface area (TPSA) is 63.3 Å². The number of hydrogen-bond donors (Lipinski definition) is 2. The first-order chi connectivity index (χ1) is 6.15. The number of aliphatic hydroxyl groups is 1. The van der Waals surface area contributed by atoms with Crippen molar-refractivity contribution in [1.82, 2.24) is 0 Å². The minimum absolute atomic E-state index is 0.0106. The summed E-state index contributed by atoms with van der Waals surface area (Å²) in [5.74, 6) is -0.531. The van der Waals surface area contributed by atoms with Crippen molar-refractivity contribution in [3.05, 3.63) is 42.0 Å². The molecule has 0 aliphatic rings. The first-order valence-corrected chi connectivity index (χ1v) is 3.84. The number of rotatable bonds is 3. The summed E-state index contributed by atoms with van der Waals surface area (Å²) < 4.78 is 0. The summed E-state index contributed by atoms with van der Waals surface area (Å²) in [7, 11) is 0. The van der Waals surface area contributed by atoms with Crippen molar-refractivity contribution < 1.29 is 9.90 Å². The van der Waals surface area contributed by atoms with Gasteiger partial charge in [-0.2, -0.15) is 0 Å². The molecule has 3 nitrogen and oxygen atoms in total. The van der Waals surface area contributed by atoms with Crippen LogP contribution in [-0.4, -0.2) is 11.0 Å². The highest BCUT2D eigenvalue weighted by Crippen LogP contribution is 2.12. The van der Waals surface area contributed by atoms with E-state index in [1.54, 1.807) is 24.3 Å². The van der Waals surface area contributed by atoms with Gasteiger partial charge in [-0.05, 0) is 11.1 Å². The molecule has 0 aliphatic carbocycles. The zero-order chi connectivity index (χ0) is 9.84. The van der Waals surface area contributed by atoms with Crippen LogP contribution >= 0.6 is 0 Å². The number of aliphatic hydroxyl groups excluding tert-OH is 1. The molecule has 0 spiro atoms. The number of benzene rings is 1. The van der Waals surface area contributed by atoms with Gasteiger partial charge in [0.25, 0.3) is 0 Å². The fraction of sp³-hybridized carbons (Fsp3) is 0.100. The predicted octanol–water partition coefficient (Wildman–Crippen LogP) is 0.677. The molecule has 3 heteroatoms. The number of hydrogen-bond acceptors (Lipinski definition) is 2. The van der Waals surface area contributed by atoms with Crippen LogP contribution in [0.5, 0.6) is 0 Å². The fourth-order valence-corrected chi connectivity index (χ4v) is 0.954. The zero-order valence-electron chi connectivity index (χ0n) is 7.16. The molecule has 1 rings (SSSR count). The molecule has 1 aromatic rings. The minimum Gasteiger partial charge on any atom is -0.392 e. The van der Waals surface area contributed by atoms with E-state index in [2.05, 4.69) is 6.58 Å². The van der Waals surface area contributed by atoms with E-state index >= 15 is 0 Å². The Morgan fingerprint density at radius 1 is 1.38 bits per heavy atom. The molecule has 0 saturated carbocycles. The number of carbonyl (C=O) groups excluding carboxylic acids is 1. The molecular formula is C10H11NO2. The summed E-state index contributed by atoms with van der Waals surface area (Å²) in [6.07, 6.45) is 0. The lowest BCUT2D eigenvalue weighted by Crippen LogP contribution is -2.11. The molecule has 68 valence electrons. The third kappa shape index (κ3) is 2.16. The number of nitrogens with two attached hydrogens (primary N) is 1. The van der Waals surface area contributed by atoms with E-state index in [1.165, 1.54) is 0 Å². The highest BCUT2D eigenvalue weighted by molar-refractivity contribution is 6.17. The lowest BCUT2D eigenvalue weighted by Gasteiger charge is -2.01.